The molecule has 3 aliphatic carbocycles. The van der Waals surface area contributed by atoms with Crippen LogP contribution in [0.15, 0.2) is 30.5 Å². The van der Waals surface area contributed by atoms with E-state index in [0.717, 1.165) is 43.0 Å². The highest BCUT2D eigenvalue weighted by Gasteiger charge is 2.73. The summed E-state index contributed by atoms with van der Waals surface area (Å²) in [4.78, 5) is 19.8. The summed E-state index contributed by atoms with van der Waals surface area (Å²) in [6.07, 6.45) is 6.36. The summed E-state index contributed by atoms with van der Waals surface area (Å²) < 4.78 is 11.7. The lowest BCUT2D eigenvalue weighted by molar-refractivity contribution is -0.191. The van der Waals surface area contributed by atoms with Gasteiger partial charge in [-0.05, 0) is 68.7 Å². The lowest BCUT2D eigenvalue weighted by Gasteiger charge is -2.64. The van der Waals surface area contributed by atoms with Gasteiger partial charge in [0.1, 0.15) is 6.10 Å². The number of rotatable bonds is 5. The Balaban J connectivity index is 0.00000140. The monoisotopic (exact) mass is 549 g/mol. The van der Waals surface area contributed by atoms with E-state index in [1.807, 2.05) is 6.07 Å². The zero-order chi connectivity index (χ0) is 23.9. The topological polar surface area (TPSA) is 104 Å². The summed E-state index contributed by atoms with van der Waals surface area (Å²) in [6, 6.07) is 6.72. The number of piperidine rings is 1. The van der Waals surface area contributed by atoms with E-state index in [9.17, 15) is 15.0 Å². The third-order valence-corrected chi connectivity index (χ3v) is 9.29. The molecule has 5 aliphatic rings. The fourth-order valence-corrected chi connectivity index (χ4v) is 7.54. The molecular formula is C27H33Cl2N3O5. The van der Waals surface area contributed by atoms with Gasteiger partial charge in [0, 0.05) is 36.0 Å². The highest BCUT2D eigenvalue weighted by atomic mass is 35.5. The smallest absolute Gasteiger partial charge is 0.251 e. The number of nitrogens with one attached hydrogen (secondary N) is 1. The summed E-state index contributed by atoms with van der Waals surface area (Å²) in [5.41, 5.74) is 0.983. The molecule has 1 saturated heterocycles. The van der Waals surface area contributed by atoms with E-state index in [4.69, 9.17) is 9.47 Å². The SMILES string of the molecule is COc1cc(C(=O)N[C@@H]2CC[C@@]3(O)[C@H]4Cc5ccc(O)c6c5[C@@]3(CCN4CC3CC3)[C@H]2O6)ccn1.Cl.Cl. The second kappa shape index (κ2) is 9.19. The Hall–Kier alpha value is -2.26. The number of carbonyl (C=O) groups excluding carboxylic acids is 1. The Kier molecular flexibility index (Phi) is 6.54. The number of phenols is 1. The van der Waals surface area contributed by atoms with Crippen molar-refractivity contribution in [3.8, 4) is 17.4 Å². The number of hydrogen-bond donors (Lipinski definition) is 3. The number of aliphatic hydroxyl groups is 1. The predicted molar refractivity (Wildman–Crippen MR) is 141 cm³/mol. The highest BCUT2D eigenvalue weighted by molar-refractivity contribution is 5.94. The molecule has 200 valence electrons. The van der Waals surface area contributed by atoms with Gasteiger partial charge in [-0.3, -0.25) is 9.69 Å². The first kappa shape index (κ1) is 26.4. The first-order valence-electron chi connectivity index (χ1n) is 12.7. The normalized spacial score (nSPS) is 32.8. The van der Waals surface area contributed by atoms with Crippen molar-refractivity contribution in [2.24, 2.45) is 5.92 Å². The first-order chi connectivity index (χ1) is 16.9. The summed E-state index contributed by atoms with van der Waals surface area (Å²) in [7, 11) is 1.52. The van der Waals surface area contributed by atoms with Gasteiger partial charge in [0.25, 0.3) is 5.91 Å². The average Bonchev–Trinajstić information content (AvgIpc) is 3.61. The number of benzene rings is 1. The van der Waals surface area contributed by atoms with Crippen LogP contribution in [0, 0.1) is 5.92 Å². The van der Waals surface area contributed by atoms with Crippen LogP contribution in [0.1, 0.15) is 53.6 Å². The third kappa shape index (κ3) is 3.63. The van der Waals surface area contributed by atoms with Gasteiger partial charge < -0.3 is 25.0 Å². The molecule has 2 saturated carbocycles. The molecule has 3 heterocycles. The highest BCUT2D eigenvalue weighted by Crippen LogP contribution is 2.65. The van der Waals surface area contributed by atoms with Crippen LogP contribution in [0.2, 0.25) is 0 Å². The fraction of sp³-hybridized carbons (Fsp3) is 0.556. The second-order valence-electron chi connectivity index (χ2n) is 11.0. The molecular weight excluding hydrogens is 517 g/mol. The largest absolute Gasteiger partial charge is 0.504 e. The molecule has 37 heavy (non-hydrogen) atoms. The number of carbonyl (C=O) groups is 1. The molecule has 0 radical (unpaired) electrons. The number of hydrogen-bond acceptors (Lipinski definition) is 7. The second-order valence-corrected chi connectivity index (χ2v) is 11.0. The molecule has 8 nitrogen and oxygen atoms in total. The summed E-state index contributed by atoms with van der Waals surface area (Å²) in [5, 5.41) is 26.4. The van der Waals surface area contributed by atoms with E-state index in [-0.39, 0.29) is 48.6 Å². The number of likely N-dealkylation sites (tertiary alicyclic amines) is 1. The van der Waals surface area contributed by atoms with Crippen molar-refractivity contribution < 1.29 is 24.5 Å². The number of ether oxygens (including phenoxy) is 2. The van der Waals surface area contributed by atoms with E-state index in [0.29, 0.717) is 30.0 Å². The van der Waals surface area contributed by atoms with Crippen LogP contribution >= 0.6 is 24.8 Å². The van der Waals surface area contributed by atoms with Gasteiger partial charge in [-0.15, -0.1) is 24.8 Å². The lowest BCUT2D eigenvalue weighted by atomic mass is 9.48. The van der Waals surface area contributed by atoms with Crippen LogP contribution < -0.4 is 14.8 Å². The molecule has 2 bridgehead atoms. The van der Waals surface area contributed by atoms with Crippen molar-refractivity contribution >= 4 is 30.7 Å². The number of methoxy groups -OCH3 is 1. The number of pyridine rings is 1. The van der Waals surface area contributed by atoms with Crippen LogP contribution in [0.25, 0.3) is 0 Å². The van der Waals surface area contributed by atoms with Gasteiger partial charge in [-0.1, -0.05) is 6.07 Å². The molecule has 1 spiro atoms. The van der Waals surface area contributed by atoms with Crippen molar-refractivity contribution in [3.05, 3.63) is 47.2 Å². The maximum absolute atomic E-state index is 13.2. The predicted octanol–water partition coefficient (Wildman–Crippen LogP) is 3.00. The number of phenolic OH excluding ortho intramolecular Hbond substituents is 1. The summed E-state index contributed by atoms with van der Waals surface area (Å²) in [5.74, 6) is 1.50. The van der Waals surface area contributed by atoms with E-state index in [1.165, 1.54) is 20.0 Å². The zero-order valence-electron chi connectivity index (χ0n) is 20.7. The Morgan fingerprint density at radius 1 is 1.24 bits per heavy atom. The zero-order valence-corrected chi connectivity index (χ0v) is 22.3. The van der Waals surface area contributed by atoms with E-state index >= 15 is 0 Å². The third-order valence-electron chi connectivity index (χ3n) is 9.29. The van der Waals surface area contributed by atoms with Gasteiger partial charge >= 0.3 is 0 Å². The van der Waals surface area contributed by atoms with Crippen LogP contribution in [0.3, 0.4) is 0 Å². The van der Waals surface area contributed by atoms with Crippen LogP contribution in [0.5, 0.6) is 17.4 Å². The van der Waals surface area contributed by atoms with Gasteiger partial charge in [0.05, 0.1) is 24.2 Å². The fourth-order valence-electron chi connectivity index (χ4n) is 7.54. The molecule has 2 aromatic rings. The number of aromatic hydroxyl groups is 1. The van der Waals surface area contributed by atoms with E-state index in [2.05, 4.69) is 15.2 Å². The van der Waals surface area contributed by atoms with Gasteiger partial charge in [-0.2, -0.15) is 0 Å². The molecule has 1 aromatic heterocycles. The molecule has 1 amide bonds. The van der Waals surface area contributed by atoms with Gasteiger partial charge in [0.15, 0.2) is 11.5 Å². The van der Waals surface area contributed by atoms with Gasteiger partial charge in [0.2, 0.25) is 5.88 Å². The number of amides is 1. The molecule has 2 aliphatic heterocycles. The molecule has 10 heteroatoms. The molecule has 3 N–H and O–H groups in total. The van der Waals surface area contributed by atoms with Crippen LogP contribution in [-0.4, -0.2) is 70.0 Å². The van der Waals surface area contributed by atoms with Crippen molar-refractivity contribution in [1.82, 2.24) is 15.2 Å². The van der Waals surface area contributed by atoms with Crippen molar-refractivity contribution in [2.45, 2.75) is 67.7 Å². The Morgan fingerprint density at radius 2 is 2.05 bits per heavy atom. The Labute approximate surface area is 228 Å². The molecule has 0 unspecified atom stereocenters. The van der Waals surface area contributed by atoms with Crippen LogP contribution in [-0.2, 0) is 11.8 Å². The molecule has 1 aromatic carbocycles. The van der Waals surface area contributed by atoms with E-state index < -0.39 is 17.1 Å². The average molecular weight is 550 g/mol. The lowest BCUT2D eigenvalue weighted by Crippen LogP contribution is -2.78. The standard InChI is InChI=1S/C27H31N3O5.2ClH/c1-34-21-13-17(7-10-28-21)25(32)29-18-6-8-27(33)20-12-16-4-5-19(31)23-22(16)26(27,24(18)35-23)9-11-30(20)14-15-2-3-15;;/h4-5,7,10,13,15,18,20,24,31,33H,2-3,6,8-9,11-12,14H2,1H3,(H,29,32);2*1H/t18-,20-,24+,26+,27-;;/m1../s1. The van der Waals surface area contributed by atoms with Crippen molar-refractivity contribution in [1.29, 1.82) is 0 Å². The Bertz CT molecular complexity index is 1230. The molecule has 5 atom stereocenters. The van der Waals surface area contributed by atoms with Gasteiger partial charge in [-0.25, -0.2) is 4.98 Å². The minimum absolute atomic E-state index is 0. The number of halogens is 2. The maximum Gasteiger partial charge on any atom is 0.251 e. The van der Waals surface area contributed by atoms with Crippen molar-refractivity contribution in [3.63, 3.8) is 0 Å². The summed E-state index contributed by atoms with van der Waals surface area (Å²) in [6.45, 7) is 1.93. The molecule has 7 rings (SSSR count). The Morgan fingerprint density at radius 3 is 2.81 bits per heavy atom. The van der Waals surface area contributed by atoms with Crippen molar-refractivity contribution in [2.75, 3.05) is 20.2 Å². The minimum atomic E-state index is -0.960. The number of nitrogens with zero attached hydrogens (tertiary/aromatic N) is 2. The minimum Gasteiger partial charge on any atom is -0.504 e. The van der Waals surface area contributed by atoms with Crippen LogP contribution in [0.4, 0.5) is 0 Å². The maximum atomic E-state index is 13.2. The number of aromatic nitrogens is 1. The van der Waals surface area contributed by atoms with E-state index in [1.54, 1.807) is 24.4 Å². The molecule has 3 fully saturated rings. The quantitative estimate of drug-likeness (QED) is 0.526. The first-order valence-corrected chi connectivity index (χ1v) is 12.7. The summed E-state index contributed by atoms with van der Waals surface area (Å²) >= 11 is 0.